The largest absolute Gasteiger partial charge is 0.434 e. The van der Waals surface area contributed by atoms with Crippen molar-refractivity contribution in [1.82, 2.24) is 0 Å². The van der Waals surface area contributed by atoms with Crippen LogP contribution in [0.2, 0.25) is 0 Å². The number of hydrogen-bond acceptors (Lipinski definition) is 4. The molecule has 2 rings (SSSR count). The van der Waals surface area contributed by atoms with Gasteiger partial charge in [0, 0.05) is 6.07 Å². The Balaban J connectivity index is 2.07. The molecule has 0 unspecified atom stereocenters. The molecule has 1 aromatic heterocycles. The number of carbonyl (C=O) groups is 1. The predicted molar refractivity (Wildman–Crippen MR) is 68.6 cm³/mol. The van der Waals surface area contributed by atoms with E-state index in [2.05, 4.69) is 13.8 Å². The van der Waals surface area contributed by atoms with Crippen LogP contribution in [0.1, 0.15) is 35.9 Å². The van der Waals surface area contributed by atoms with Gasteiger partial charge >= 0.3 is 5.97 Å². The highest BCUT2D eigenvalue weighted by Gasteiger charge is 2.12. The fraction of sp³-hybridized carbons (Fsp3) is 0.214. The maximum Gasteiger partial charge on any atom is 0.379 e. The number of nitrogens with two attached hydrogens (primary N) is 1. The number of esters is 1. The van der Waals surface area contributed by atoms with E-state index in [1.807, 2.05) is 12.1 Å². The van der Waals surface area contributed by atoms with Crippen LogP contribution in [0.25, 0.3) is 0 Å². The highest BCUT2D eigenvalue weighted by Crippen LogP contribution is 2.20. The first-order chi connectivity index (χ1) is 8.56. The van der Waals surface area contributed by atoms with Crippen LogP contribution in [0.15, 0.2) is 40.8 Å². The summed E-state index contributed by atoms with van der Waals surface area (Å²) in [5, 5.41) is 0. The van der Waals surface area contributed by atoms with E-state index in [1.165, 1.54) is 17.7 Å². The van der Waals surface area contributed by atoms with Gasteiger partial charge in [0.1, 0.15) is 5.75 Å². The Kier molecular flexibility index (Phi) is 3.37. The molecule has 2 N–H and O–H groups in total. The van der Waals surface area contributed by atoms with E-state index in [9.17, 15) is 4.79 Å². The Morgan fingerprint density at radius 2 is 1.83 bits per heavy atom. The Bertz CT molecular complexity index is 540. The molecular formula is C14H15NO3. The second-order valence-corrected chi connectivity index (χ2v) is 4.32. The van der Waals surface area contributed by atoms with Crippen LogP contribution >= 0.6 is 0 Å². The third-order valence-electron chi connectivity index (χ3n) is 2.59. The van der Waals surface area contributed by atoms with Crippen LogP contribution in [-0.2, 0) is 0 Å². The topological polar surface area (TPSA) is 65.5 Å². The second-order valence-electron chi connectivity index (χ2n) is 4.32. The summed E-state index contributed by atoms with van der Waals surface area (Å²) in [5.74, 6) is 0.667. The van der Waals surface area contributed by atoms with Gasteiger partial charge in [-0.2, -0.15) is 0 Å². The molecule has 0 bridgehead atoms. The van der Waals surface area contributed by atoms with Crippen molar-refractivity contribution in [3.05, 3.63) is 47.7 Å². The van der Waals surface area contributed by atoms with Gasteiger partial charge in [-0.05, 0) is 29.7 Å². The van der Waals surface area contributed by atoms with Crippen LogP contribution < -0.4 is 10.5 Å². The molecule has 2 aromatic rings. The SMILES string of the molecule is CC(C)c1ccc(OC(=O)c2ccc(N)o2)cc1. The predicted octanol–water partition coefficient (Wildman–Crippen LogP) is 3.20. The average molecular weight is 245 g/mol. The fourth-order valence-electron chi connectivity index (χ4n) is 1.54. The molecule has 0 spiro atoms. The normalized spacial score (nSPS) is 10.6. The van der Waals surface area contributed by atoms with Crippen molar-refractivity contribution < 1.29 is 13.9 Å². The number of rotatable bonds is 3. The molecule has 0 aliphatic carbocycles. The summed E-state index contributed by atoms with van der Waals surface area (Å²) in [6.07, 6.45) is 0. The number of hydrogen-bond donors (Lipinski definition) is 1. The van der Waals surface area contributed by atoms with E-state index in [1.54, 1.807) is 12.1 Å². The van der Waals surface area contributed by atoms with Gasteiger partial charge in [-0.25, -0.2) is 4.79 Å². The number of ether oxygens (including phenoxy) is 1. The van der Waals surface area contributed by atoms with Gasteiger partial charge in [0.25, 0.3) is 0 Å². The summed E-state index contributed by atoms with van der Waals surface area (Å²) in [4.78, 5) is 11.7. The summed E-state index contributed by atoms with van der Waals surface area (Å²) in [6, 6.07) is 10.4. The van der Waals surface area contributed by atoms with E-state index < -0.39 is 5.97 Å². The molecule has 0 fully saturated rings. The zero-order valence-corrected chi connectivity index (χ0v) is 10.3. The Hall–Kier alpha value is -2.23. The van der Waals surface area contributed by atoms with Crippen molar-refractivity contribution >= 4 is 11.9 Å². The lowest BCUT2D eigenvalue weighted by Crippen LogP contribution is -2.07. The smallest absolute Gasteiger partial charge is 0.379 e. The first-order valence-electron chi connectivity index (χ1n) is 5.73. The minimum atomic E-state index is -0.552. The number of furan rings is 1. The molecule has 0 aliphatic rings. The van der Waals surface area contributed by atoms with E-state index >= 15 is 0 Å². The third-order valence-corrected chi connectivity index (χ3v) is 2.59. The zero-order valence-electron chi connectivity index (χ0n) is 10.3. The molecule has 0 saturated heterocycles. The number of benzene rings is 1. The van der Waals surface area contributed by atoms with E-state index in [0.29, 0.717) is 11.7 Å². The van der Waals surface area contributed by atoms with E-state index in [-0.39, 0.29) is 11.6 Å². The lowest BCUT2D eigenvalue weighted by Gasteiger charge is -2.06. The van der Waals surface area contributed by atoms with Crippen molar-refractivity contribution in [3.63, 3.8) is 0 Å². The van der Waals surface area contributed by atoms with Crippen LogP contribution in [-0.4, -0.2) is 5.97 Å². The van der Waals surface area contributed by atoms with Gasteiger partial charge in [-0.1, -0.05) is 26.0 Å². The molecule has 4 nitrogen and oxygen atoms in total. The molecule has 0 radical (unpaired) electrons. The van der Waals surface area contributed by atoms with Crippen LogP contribution in [0.3, 0.4) is 0 Å². The van der Waals surface area contributed by atoms with Crippen molar-refractivity contribution in [3.8, 4) is 5.75 Å². The summed E-state index contributed by atoms with van der Waals surface area (Å²) >= 11 is 0. The zero-order chi connectivity index (χ0) is 13.1. The van der Waals surface area contributed by atoms with Gasteiger partial charge in [0.15, 0.2) is 5.88 Å². The molecule has 0 aliphatic heterocycles. The summed E-state index contributed by atoms with van der Waals surface area (Å²) < 4.78 is 10.1. The monoisotopic (exact) mass is 245 g/mol. The number of nitrogen functional groups attached to an aromatic ring is 1. The quantitative estimate of drug-likeness (QED) is 0.666. The molecule has 4 heteroatoms. The molecular weight excluding hydrogens is 230 g/mol. The van der Waals surface area contributed by atoms with Gasteiger partial charge in [0.2, 0.25) is 5.76 Å². The highest BCUT2D eigenvalue weighted by molar-refractivity contribution is 5.88. The molecule has 1 aromatic carbocycles. The lowest BCUT2D eigenvalue weighted by atomic mass is 10.0. The summed E-state index contributed by atoms with van der Waals surface area (Å²) in [5.41, 5.74) is 6.58. The van der Waals surface area contributed by atoms with E-state index in [4.69, 9.17) is 14.9 Å². The van der Waals surface area contributed by atoms with Crippen molar-refractivity contribution in [2.75, 3.05) is 5.73 Å². The third kappa shape index (κ3) is 2.71. The molecule has 94 valence electrons. The fourth-order valence-corrected chi connectivity index (χ4v) is 1.54. The van der Waals surface area contributed by atoms with Gasteiger partial charge < -0.3 is 14.9 Å². The minimum absolute atomic E-state index is 0.0976. The minimum Gasteiger partial charge on any atom is -0.434 e. The summed E-state index contributed by atoms with van der Waals surface area (Å²) in [7, 11) is 0. The van der Waals surface area contributed by atoms with Crippen LogP contribution in [0, 0.1) is 0 Å². The molecule has 0 saturated carbocycles. The molecule has 0 amide bonds. The maximum atomic E-state index is 11.7. The standard InChI is InChI=1S/C14H15NO3/c1-9(2)10-3-5-11(6-4-10)17-14(16)12-7-8-13(15)18-12/h3-9H,15H2,1-2H3. The summed E-state index contributed by atoms with van der Waals surface area (Å²) in [6.45, 7) is 4.21. The highest BCUT2D eigenvalue weighted by atomic mass is 16.5. The van der Waals surface area contributed by atoms with Gasteiger partial charge in [-0.15, -0.1) is 0 Å². The van der Waals surface area contributed by atoms with E-state index in [0.717, 1.165) is 0 Å². The van der Waals surface area contributed by atoms with Gasteiger partial charge in [0.05, 0.1) is 0 Å². The molecule has 0 atom stereocenters. The first-order valence-corrected chi connectivity index (χ1v) is 5.73. The molecule has 18 heavy (non-hydrogen) atoms. The molecule has 1 heterocycles. The van der Waals surface area contributed by atoms with Crippen LogP contribution in [0.4, 0.5) is 5.88 Å². The van der Waals surface area contributed by atoms with Crippen molar-refractivity contribution in [2.45, 2.75) is 19.8 Å². The van der Waals surface area contributed by atoms with Gasteiger partial charge in [-0.3, -0.25) is 0 Å². The average Bonchev–Trinajstić information content (AvgIpc) is 2.76. The number of anilines is 1. The Morgan fingerprint density at radius 1 is 1.17 bits per heavy atom. The van der Waals surface area contributed by atoms with Crippen LogP contribution in [0.5, 0.6) is 5.75 Å². The number of carbonyl (C=O) groups excluding carboxylic acids is 1. The Labute approximate surface area is 105 Å². The van der Waals surface area contributed by atoms with Crippen molar-refractivity contribution in [1.29, 1.82) is 0 Å². The van der Waals surface area contributed by atoms with Crippen molar-refractivity contribution in [2.24, 2.45) is 0 Å². The second kappa shape index (κ2) is 4.96. The first kappa shape index (κ1) is 12.2. The maximum absolute atomic E-state index is 11.7. The Morgan fingerprint density at radius 3 is 2.33 bits per heavy atom. The lowest BCUT2D eigenvalue weighted by molar-refractivity contribution is 0.0702.